The monoisotopic (exact) mass is 256 g/mol. The quantitative estimate of drug-likeness (QED) is 0.651. The van der Waals surface area contributed by atoms with Gasteiger partial charge in [0.15, 0.2) is 0 Å². The molecule has 1 aliphatic rings. The zero-order valence-electron chi connectivity index (χ0n) is 11.5. The molecule has 0 bridgehead atoms. The van der Waals surface area contributed by atoms with E-state index in [4.69, 9.17) is 5.11 Å². The van der Waals surface area contributed by atoms with E-state index in [1.54, 1.807) is 13.8 Å². The summed E-state index contributed by atoms with van der Waals surface area (Å²) in [7, 11) is 0. The molecular weight excluding hydrogens is 232 g/mol. The van der Waals surface area contributed by atoms with Gasteiger partial charge in [-0.2, -0.15) is 0 Å². The van der Waals surface area contributed by atoms with Crippen LogP contribution in [0.4, 0.5) is 4.79 Å². The molecule has 1 saturated carbocycles. The van der Waals surface area contributed by atoms with Gasteiger partial charge in [-0.1, -0.05) is 19.8 Å². The molecule has 0 aliphatic heterocycles. The number of rotatable bonds is 7. The van der Waals surface area contributed by atoms with Crippen LogP contribution in [-0.4, -0.2) is 29.7 Å². The highest BCUT2D eigenvalue weighted by molar-refractivity contribution is 5.77. The van der Waals surface area contributed by atoms with E-state index < -0.39 is 11.4 Å². The number of amides is 2. The van der Waals surface area contributed by atoms with Crippen LogP contribution in [0, 0.1) is 11.3 Å². The molecule has 104 valence electrons. The van der Waals surface area contributed by atoms with Crippen LogP contribution in [0.15, 0.2) is 0 Å². The van der Waals surface area contributed by atoms with Crippen LogP contribution < -0.4 is 10.6 Å². The summed E-state index contributed by atoms with van der Waals surface area (Å²) in [6.45, 7) is 5.37. The van der Waals surface area contributed by atoms with Crippen molar-refractivity contribution in [3.63, 3.8) is 0 Å². The Morgan fingerprint density at radius 1 is 1.39 bits per heavy atom. The van der Waals surface area contributed by atoms with Gasteiger partial charge in [0.05, 0.1) is 5.41 Å². The van der Waals surface area contributed by atoms with Crippen molar-refractivity contribution < 1.29 is 14.7 Å². The standard InChI is InChI=1S/C13H24N2O3/c1-4-10(7-9-5-6-9)15-12(18)14-8-13(2,3)11(16)17/h9-10H,4-8H2,1-3H3,(H,16,17)(H2,14,15,18). The van der Waals surface area contributed by atoms with Crippen LogP contribution in [-0.2, 0) is 4.79 Å². The molecule has 5 nitrogen and oxygen atoms in total. The molecule has 1 unspecified atom stereocenters. The molecule has 0 heterocycles. The highest BCUT2D eigenvalue weighted by Gasteiger charge is 2.28. The van der Waals surface area contributed by atoms with Crippen molar-refractivity contribution in [1.29, 1.82) is 0 Å². The van der Waals surface area contributed by atoms with Crippen molar-refractivity contribution in [3.05, 3.63) is 0 Å². The maximum absolute atomic E-state index is 11.7. The number of carboxylic acids is 1. The molecule has 0 aromatic heterocycles. The zero-order chi connectivity index (χ0) is 13.8. The molecule has 0 aromatic rings. The molecule has 1 atom stereocenters. The maximum atomic E-state index is 11.7. The minimum atomic E-state index is -0.935. The third-order valence-corrected chi connectivity index (χ3v) is 3.41. The van der Waals surface area contributed by atoms with Gasteiger partial charge in [-0.05, 0) is 32.6 Å². The third-order valence-electron chi connectivity index (χ3n) is 3.41. The Bertz CT molecular complexity index is 311. The topological polar surface area (TPSA) is 78.4 Å². The lowest BCUT2D eigenvalue weighted by atomic mass is 9.94. The fourth-order valence-electron chi connectivity index (χ4n) is 1.70. The molecule has 5 heteroatoms. The minimum Gasteiger partial charge on any atom is -0.481 e. The van der Waals surface area contributed by atoms with E-state index in [0.29, 0.717) is 0 Å². The van der Waals surface area contributed by atoms with Gasteiger partial charge in [0.1, 0.15) is 0 Å². The van der Waals surface area contributed by atoms with Gasteiger partial charge in [-0.15, -0.1) is 0 Å². The highest BCUT2D eigenvalue weighted by atomic mass is 16.4. The van der Waals surface area contributed by atoms with Crippen LogP contribution in [0.5, 0.6) is 0 Å². The molecule has 3 N–H and O–H groups in total. The van der Waals surface area contributed by atoms with Crippen molar-refractivity contribution in [2.75, 3.05) is 6.54 Å². The second-order valence-electron chi connectivity index (χ2n) is 5.80. The van der Waals surface area contributed by atoms with Gasteiger partial charge in [0, 0.05) is 12.6 Å². The lowest BCUT2D eigenvalue weighted by molar-refractivity contribution is -0.146. The van der Waals surface area contributed by atoms with E-state index >= 15 is 0 Å². The maximum Gasteiger partial charge on any atom is 0.315 e. The highest BCUT2D eigenvalue weighted by Crippen LogP contribution is 2.33. The molecule has 1 fully saturated rings. The number of carbonyl (C=O) groups excluding carboxylic acids is 1. The molecule has 1 aliphatic carbocycles. The summed E-state index contributed by atoms with van der Waals surface area (Å²) in [6.07, 6.45) is 4.48. The number of urea groups is 1. The van der Waals surface area contributed by atoms with E-state index in [2.05, 4.69) is 17.6 Å². The fraction of sp³-hybridized carbons (Fsp3) is 0.846. The first-order valence-electron chi connectivity index (χ1n) is 6.63. The Hall–Kier alpha value is -1.26. The number of carboxylic acid groups (broad SMARTS) is 1. The number of aliphatic carboxylic acids is 1. The molecule has 2 amide bonds. The Kier molecular flexibility index (Phi) is 4.99. The summed E-state index contributed by atoms with van der Waals surface area (Å²) in [4.78, 5) is 22.6. The van der Waals surface area contributed by atoms with E-state index in [9.17, 15) is 9.59 Å². The van der Waals surface area contributed by atoms with Gasteiger partial charge in [0.25, 0.3) is 0 Å². The average Bonchev–Trinajstić information content (AvgIpc) is 3.09. The second kappa shape index (κ2) is 6.07. The van der Waals surface area contributed by atoms with Crippen molar-refractivity contribution in [2.45, 2.75) is 52.5 Å². The van der Waals surface area contributed by atoms with E-state index in [-0.39, 0.29) is 18.6 Å². The second-order valence-corrected chi connectivity index (χ2v) is 5.80. The SMILES string of the molecule is CCC(CC1CC1)NC(=O)NCC(C)(C)C(=O)O. The summed E-state index contributed by atoms with van der Waals surface area (Å²) < 4.78 is 0. The summed E-state index contributed by atoms with van der Waals surface area (Å²) in [5.41, 5.74) is -0.935. The van der Waals surface area contributed by atoms with E-state index in [1.807, 2.05) is 0 Å². The van der Waals surface area contributed by atoms with Crippen molar-refractivity contribution in [3.8, 4) is 0 Å². The van der Waals surface area contributed by atoms with Gasteiger partial charge in [-0.3, -0.25) is 4.79 Å². The van der Waals surface area contributed by atoms with Gasteiger partial charge < -0.3 is 15.7 Å². The predicted molar refractivity (Wildman–Crippen MR) is 69.4 cm³/mol. The van der Waals surface area contributed by atoms with E-state index in [1.165, 1.54) is 12.8 Å². The molecule has 0 saturated heterocycles. The first-order chi connectivity index (χ1) is 8.35. The van der Waals surface area contributed by atoms with Crippen LogP contribution in [0.3, 0.4) is 0 Å². The Morgan fingerprint density at radius 3 is 2.44 bits per heavy atom. The van der Waals surface area contributed by atoms with Gasteiger partial charge >= 0.3 is 12.0 Å². The van der Waals surface area contributed by atoms with Crippen molar-refractivity contribution in [2.24, 2.45) is 11.3 Å². The average molecular weight is 256 g/mol. The number of carbonyl (C=O) groups is 2. The summed E-state index contributed by atoms with van der Waals surface area (Å²) in [5.74, 6) is -0.140. The smallest absolute Gasteiger partial charge is 0.315 e. The third kappa shape index (κ3) is 4.94. The minimum absolute atomic E-state index is 0.133. The Morgan fingerprint density at radius 2 is 2.00 bits per heavy atom. The van der Waals surface area contributed by atoms with Crippen LogP contribution in [0.1, 0.15) is 46.5 Å². The van der Waals surface area contributed by atoms with Gasteiger partial charge in [-0.25, -0.2) is 4.79 Å². The van der Waals surface area contributed by atoms with Crippen molar-refractivity contribution in [1.82, 2.24) is 10.6 Å². The Balaban J connectivity index is 2.29. The normalized spacial score (nSPS) is 17.1. The molecule has 18 heavy (non-hydrogen) atoms. The zero-order valence-corrected chi connectivity index (χ0v) is 11.5. The first-order valence-corrected chi connectivity index (χ1v) is 6.63. The van der Waals surface area contributed by atoms with Crippen LogP contribution in [0.2, 0.25) is 0 Å². The number of nitrogens with one attached hydrogen (secondary N) is 2. The summed E-state index contributed by atoms with van der Waals surface area (Å²) in [6, 6.07) is -0.0673. The first kappa shape index (κ1) is 14.8. The lowest BCUT2D eigenvalue weighted by Crippen LogP contribution is -2.46. The molecule has 1 rings (SSSR count). The summed E-state index contributed by atoms with van der Waals surface area (Å²) in [5, 5.41) is 14.5. The predicted octanol–water partition coefficient (Wildman–Crippen LogP) is 1.98. The number of hydrogen-bond acceptors (Lipinski definition) is 2. The largest absolute Gasteiger partial charge is 0.481 e. The van der Waals surface area contributed by atoms with Crippen molar-refractivity contribution >= 4 is 12.0 Å². The van der Waals surface area contributed by atoms with E-state index in [0.717, 1.165) is 18.8 Å². The Labute approximate surface area is 108 Å². The van der Waals surface area contributed by atoms with Crippen LogP contribution >= 0.6 is 0 Å². The molecular formula is C13H24N2O3. The molecule has 0 aromatic carbocycles. The molecule has 0 spiro atoms. The summed E-state index contributed by atoms with van der Waals surface area (Å²) >= 11 is 0. The fourth-order valence-corrected chi connectivity index (χ4v) is 1.70. The van der Waals surface area contributed by atoms with Crippen LogP contribution in [0.25, 0.3) is 0 Å². The lowest BCUT2D eigenvalue weighted by Gasteiger charge is -2.22. The molecule has 0 radical (unpaired) electrons. The number of hydrogen-bond donors (Lipinski definition) is 3. The van der Waals surface area contributed by atoms with Gasteiger partial charge in [0.2, 0.25) is 0 Å².